The Kier molecular flexibility index (Phi) is 4.12. The number of rotatable bonds is 3. The first-order valence-electron chi connectivity index (χ1n) is 7.66. The second-order valence-corrected chi connectivity index (χ2v) is 6.47. The molecular formula is C20H12Cl2O3. The van der Waals surface area contributed by atoms with Crippen LogP contribution < -0.4 is 4.74 Å². The van der Waals surface area contributed by atoms with E-state index >= 15 is 0 Å². The molecule has 0 atom stereocenters. The quantitative estimate of drug-likeness (QED) is 0.326. The van der Waals surface area contributed by atoms with Gasteiger partial charge in [-0.15, -0.1) is 0 Å². The lowest BCUT2D eigenvalue weighted by molar-refractivity contribution is -0.133. The van der Waals surface area contributed by atoms with Gasteiger partial charge in [0.15, 0.2) is 0 Å². The van der Waals surface area contributed by atoms with Crippen molar-refractivity contribution in [2.24, 2.45) is 0 Å². The monoisotopic (exact) mass is 370 g/mol. The van der Waals surface area contributed by atoms with Crippen LogP contribution in [0.5, 0.6) is 5.75 Å². The predicted octanol–water partition coefficient (Wildman–Crippen LogP) is 6.04. The Labute approximate surface area is 153 Å². The third kappa shape index (κ3) is 3.21. The molecule has 4 rings (SSSR count). The third-order valence-electron chi connectivity index (χ3n) is 3.91. The summed E-state index contributed by atoms with van der Waals surface area (Å²) in [6.07, 6.45) is 0.112. The highest BCUT2D eigenvalue weighted by atomic mass is 35.5. The Bertz CT molecular complexity index is 1100. The van der Waals surface area contributed by atoms with Crippen molar-refractivity contribution >= 4 is 51.1 Å². The van der Waals surface area contributed by atoms with E-state index in [4.69, 9.17) is 32.4 Å². The summed E-state index contributed by atoms with van der Waals surface area (Å²) in [5.74, 6) is 0.106. The summed E-state index contributed by atoms with van der Waals surface area (Å²) in [7, 11) is 0. The fourth-order valence-electron chi connectivity index (χ4n) is 2.75. The van der Waals surface area contributed by atoms with Gasteiger partial charge in [-0.2, -0.15) is 0 Å². The van der Waals surface area contributed by atoms with Crippen molar-refractivity contribution in [3.8, 4) is 5.75 Å². The molecule has 0 aliphatic carbocycles. The average Bonchev–Trinajstić information content (AvgIpc) is 2.96. The molecule has 5 heteroatoms. The molecule has 0 saturated heterocycles. The van der Waals surface area contributed by atoms with E-state index in [2.05, 4.69) is 0 Å². The van der Waals surface area contributed by atoms with E-state index in [0.29, 0.717) is 15.8 Å². The van der Waals surface area contributed by atoms with Crippen LogP contribution in [0.25, 0.3) is 21.9 Å². The highest BCUT2D eigenvalue weighted by Crippen LogP contribution is 2.31. The van der Waals surface area contributed by atoms with Crippen molar-refractivity contribution < 1.29 is 13.9 Å². The highest BCUT2D eigenvalue weighted by Gasteiger charge is 2.11. The van der Waals surface area contributed by atoms with Crippen molar-refractivity contribution in [2.75, 3.05) is 0 Å². The van der Waals surface area contributed by atoms with Crippen LogP contribution in [0, 0.1) is 0 Å². The van der Waals surface area contributed by atoms with Gasteiger partial charge in [-0.1, -0.05) is 47.5 Å². The van der Waals surface area contributed by atoms with Gasteiger partial charge < -0.3 is 9.15 Å². The summed E-state index contributed by atoms with van der Waals surface area (Å²) in [5.41, 5.74) is 2.30. The lowest BCUT2D eigenvalue weighted by atomic mass is 10.1. The zero-order valence-electron chi connectivity index (χ0n) is 13.0. The topological polar surface area (TPSA) is 39.4 Å². The van der Waals surface area contributed by atoms with Gasteiger partial charge in [-0.05, 0) is 42.0 Å². The predicted molar refractivity (Wildman–Crippen MR) is 99.5 cm³/mol. The largest absolute Gasteiger partial charge is 0.456 e. The first-order chi connectivity index (χ1) is 12.1. The van der Waals surface area contributed by atoms with Crippen molar-refractivity contribution in [2.45, 2.75) is 6.42 Å². The standard InChI is InChI=1S/C20H12Cl2O3/c21-16-7-5-12(9-17(16)22)10-20(23)24-13-6-8-19-15(11-13)14-3-1-2-4-18(14)25-19/h1-9,11H,10H2. The van der Waals surface area contributed by atoms with Gasteiger partial charge in [0, 0.05) is 10.8 Å². The molecule has 3 aromatic carbocycles. The zero-order valence-corrected chi connectivity index (χ0v) is 14.5. The number of esters is 1. The van der Waals surface area contributed by atoms with Gasteiger partial charge >= 0.3 is 5.97 Å². The molecule has 4 aromatic rings. The fourth-order valence-corrected chi connectivity index (χ4v) is 3.07. The Hall–Kier alpha value is -2.49. The molecule has 0 aliphatic heterocycles. The lowest BCUT2D eigenvalue weighted by Gasteiger charge is -2.05. The number of ether oxygens (including phenoxy) is 1. The van der Waals surface area contributed by atoms with E-state index in [9.17, 15) is 4.79 Å². The van der Waals surface area contributed by atoms with Crippen LogP contribution >= 0.6 is 23.2 Å². The van der Waals surface area contributed by atoms with E-state index < -0.39 is 0 Å². The van der Waals surface area contributed by atoms with Crippen molar-refractivity contribution in [1.82, 2.24) is 0 Å². The number of hydrogen-bond acceptors (Lipinski definition) is 3. The molecule has 0 bridgehead atoms. The molecule has 0 amide bonds. The molecule has 0 radical (unpaired) electrons. The molecule has 0 aliphatic rings. The van der Waals surface area contributed by atoms with Crippen LogP contribution in [0.2, 0.25) is 10.0 Å². The normalized spacial score (nSPS) is 11.1. The number of furan rings is 1. The molecule has 25 heavy (non-hydrogen) atoms. The first-order valence-corrected chi connectivity index (χ1v) is 8.42. The molecule has 0 spiro atoms. The van der Waals surface area contributed by atoms with Gasteiger partial charge in [0.2, 0.25) is 0 Å². The van der Waals surface area contributed by atoms with Gasteiger partial charge in [-0.3, -0.25) is 4.79 Å². The minimum absolute atomic E-state index is 0.112. The number of carbonyl (C=O) groups excluding carboxylic acids is 1. The van der Waals surface area contributed by atoms with Crippen molar-refractivity contribution in [1.29, 1.82) is 0 Å². The first kappa shape index (κ1) is 16.0. The number of para-hydroxylation sites is 1. The number of halogens is 2. The van der Waals surface area contributed by atoms with E-state index in [0.717, 1.165) is 27.5 Å². The molecule has 0 N–H and O–H groups in total. The Morgan fingerprint density at radius 1 is 0.880 bits per heavy atom. The summed E-state index contributed by atoms with van der Waals surface area (Å²) >= 11 is 11.9. The molecule has 0 saturated carbocycles. The van der Waals surface area contributed by atoms with Gasteiger partial charge in [-0.25, -0.2) is 0 Å². The third-order valence-corrected chi connectivity index (χ3v) is 4.65. The van der Waals surface area contributed by atoms with Gasteiger partial charge in [0.05, 0.1) is 16.5 Å². The molecule has 1 heterocycles. The zero-order chi connectivity index (χ0) is 17.4. The second-order valence-electron chi connectivity index (χ2n) is 5.66. The van der Waals surface area contributed by atoms with Gasteiger partial charge in [0.25, 0.3) is 0 Å². The van der Waals surface area contributed by atoms with Crippen molar-refractivity contribution in [3.05, 3.63) is 76.3 Å². The number of fused-ring (bicyclic) bond motifs is 3. The molecule has 0 fully saturated rings. The molecular weight excluding hydrogens is 359 g/mol. The van der Waals surface area contributed by atoms with Crippen LogP contribution in [0.3, 0.4) is 0 Å². The molecule has 3 nitrogen and oxygen atoms in total. The van der Waals surface area contributed by atoms with Crippen molar-refractivity contribution in [3.63, 3.8) is 0 Å². The van der Waals surface area contributed by atoms with E-state index in [-0.39, 0.29) is 12.4 Å². The number of carbonyl (C=O) groups is 1. The van der Waals surface area contributed by atoms with E-state index in [1.165, 1.54) is 0 Å². The summed E-state index contributed by atoms with van der Waals surface area (Å²) in [4.78, 5) is 12.2. The second kappa shape index (κ2) is 6.43. The fraction of sp³-hybridized carbons (Fsp3) is 0.0500. The summed E-state index contributed by atoms with van der Waals surface area (Å²) in [6.45, 7) is 0. The average molecular weight is 371 g/mol. The maximum absolute atomic E-state index is 12.2. The maximum Gasteiger partial charge on any atom is 0.315 e. The molecule has 124 valence electrons. The lowest BCUT2D eigenvalue weighted by Crippen LogP contribution is -2.11. The minimum Gasteiger partial charge on any atom is -0.456 e. The Balaban J connectivity index is 1.58. The number of benzene rings is 3. The Morgan fingerprint density at radius 2 is 1.68 bits per heavy atom. The van der Waals surface area contributed by atoms with Crippen LogP contribution in [-0.4, -0.2) is 5.97 Å². The Morgan fingerprint density at radius 3 is 2.52 bits per heavy atom. The number of hydrogen-bond donors (Lipinski definition) is 0. The SMILES string of the molecule is O=C(Cc1ccc(Cl)c(Cl)c1)Oc1ccc2oc3ccccc3c2c1. The highest BCUT2D eigenvalue weighted by molar-refractivity contribution is 6.42. The molecule has 0 unspecified atom stereocenters. The van der Waals surface area contributed by atoms with Gasteiger partial charge in [0.1, 0.15) is 16.9 Å². The minimum atomic E-state index is -0.370. The van der Waals surface area contributed by atoms with E-state index in [1.54, 1.807) is 30.3 Å². The van der Waals surface area contributed by atoms with E-state index in [1.807, 2.05) is 30.3 Å². The smallest absolute Gasteiger partial charge is 0.315 e. The maximum atomic E-state index is 12.2. The summed E-state index contributed by atoms with van der Waals surface area (Å²) < 4.78 is 11.2. The van der Waals surface area contributed by atoms with Crippen LogP contribution in [0.4, 0.5) is 0 Å². The summed E-state index contributed by atoms with van der Waals surface area (Å²) in [6, 6.07) is 18.2. The van der Waals surface area contributed by atoms with Crippen LogP contribution in [0.1, 0.15) is 5.56 Å². The van der Waals surface area contributed by atoms with Crippen LogP contribution in [-0.2, 0) is 11.2 Å². The summed E-state index contributed by atoms with van der Waals surface area (Å²) in [5, 5.41) is 2.77. The molecule has 1 aromatic heterocycles. The van der Waals surface area contributed by atoms with Crippen LogP contribution in [0.15, 0.2) is 65.1 Å².